The van der Waals surface area contributed by atoms with Crippen molar-refractivity contribution < 1.29 is 4.79 Å². The summed E-state index contributed by atoms with van der Waals surface area (Å²) in [5.74, 6) is 0.249. The number of nitrogens with zero attached hydrogens (tertiary/aromatic N) is 1. The average Bonchev–Trinajstić information content (AvgIpc) is 3.19. The maximum absolute atomic E-state index is 14.9. The van der Waals surface area contributed by atoms with Gasteiger partial charge in [-0.2, -0.15) is 0 Å². The molecule has 1 aliphatic carbocycles. The molecular weight excluding hydrogens is 418 g/mol. The van der Waals surface area contributed by atoms with Crippen LogP contribution in [0.25, 0.3) is 10.9 Å². The van der Waals surface area contributed by atoms with Crippen LogP contribution in [0.15, 0.2) is 36.4 Å². The Hall–Kier alpha value is -2.59. The Bertz CT molecular complexity index is 1340. The normalized spacial score (nSPS) is 26.7. The standard InChI is InChI=1S/C30H35N3O/c1-19-16-22-25-23(17-19)30(26-21(12-15-31-30)20-10-6-7-11-24(20)32-26)27(34)33(25)29(18-28(22,2)3)13-8-4-5-9-14-29/h6-7,10-11,16-17,31-32H,4-5,8-9,12-15,18H2,1-3H3/t30-/m0/s1. The van der Waals surface area contributed by atoms with E-state index in [1.165, 1.54) is 59.0 Å². The largest absolute Gasteiger partial charge is 0.356 e. The van der Waals surface area contributed by atoms with E-state index < -0.39 is 5.54 Å². The molecule has 0 bridgehead atoms. The van der Waals surface area contributed by atoms with Gasteiger partial charge < -0.3 is 9.88 Å². The third-order valence-corrected chi connectivity index (χ3v) is 9.37. The highest BCUT2D eigenvalue weighted by Crippen LogP contribution is 2.60. The topological polar surface area (TPSA) is 48.1 Å². The lowest BCUT2D eigenvalue weighted by Gasteiger charge is -2.52. The number of hydrogen-bond donors (Lipinski definition) is 2. The zero-order valence-corrected chi connectivity index (χ0v) is 20.7. The monoisotopic (exact) mass is 453 g/mol. The van der Waals surface area contributed by atoms with Crippen LogP contribution in [0.3, 0.4) is 0 Å². The zero-order valence-electron chi connectivity index (χ0n) is 20.7. The maximum Gasteiger partial charge on any atom is 0.258 e. The van der Waals surface area contributed by atoms with Crippen LogP contribution in [0.1, 0.15) is 86.7 Å². The number of aromatic amines is 1. The highest BCUT2D eigenvalue weighted by atomic mass is 16.2. The van der Waals surface area contributed by atoms with E-state index in [4.69, 9.17) is 0 Å². The molecule has 0 radical (unpaired) electrons. The first kappa shape index (κ1) is 20.8. The van der Waals surface area contributed by atoms with Crippen LogP contribution in [0, 0.1) is 6.92 Å². The number of nitrogens with one attached hydrogen (secondary N) is 2. The minimum absolute atomic E-state index is 0.0424. The molecule has 0 saturated heterocycles. The second kappa shape index (κ2) is 6.75. The second-order valence-corrected chi connectivity index (χ2v) is 12.0. The van der Waals surface area contributed by atoms with Crippen LogP contribution in [0.2, 0.25) is 0 Å². The third kappa shape index (κ3) is 2.45. The number of H-pyrrole nitrogens is 1. The average molecular weight is 454 g/mol. The molecule has 1 amide bonds. The number of aromatic nitrogens is 1. The second-order valence-electron chi connectivity index (χ2n) is 12.0. The summed E-state index contributed by atoms with van der Waals surface area (Å²) in [4.78, 5) is 21.0. The molecule has 7 rings (SSSR count). The van der Waals surface area contributed by atoms with Crippen molar-refractivity contribution in [1.82, 2.24) is 10.3 Å². The molecule has 2 spiro atoms. The van der Waals surface area contributed by atoms with Crippen molar-refractivity contribution >= 4 is 22.5 Å². The highest BCUT2D eigenvalue weighted by molar-refractivity contribution is 6.13. The first-order valence-corrected chi connectivity index (χ1v) is 13.2. The maximum atomic E-state index is 14.9. The minimum Gasteiger partial charge on any atom is -0.356 e. The van der Waals surface area contributed by atoms with E-state index in [2.05, 4.69) is 72.4 Å². The molecule has 1 aromatic heterocycles. The van der Waals surface area contributed by atoms with E-state index in [1.807, 2.05) is 0 Å². The number of amides is 1. The Morgan fingerprint density at radius 3 is 2.50 bits per heavy atom. The summed E-state index contributed by atoms with van der Waals surface area (Å²) in [5, 5.41) is 5.07. The Balaban J connectivity index is 1.56. The number of carbonyl (C=O) groups is 1. The van der Waals surface area contributed by atoms with Gasteiger partial charge in [0.15, 0.2) is 5.54 Å². The molecule has 34 heavy (non-hydrogen) atoms. The number of aryl methyl sites for hydroxylation is 1. The molecule has 1 atom stereocenters. The van der Waals surface area contributed by atoms with Crippen molar-refractivity contribution in [3.8, 4) is 0 Å². The summed E-state index contributed by atoms with van der Waals surface area (Å²) in [6.45, 7) is 7.82. The molecule has 2 aromatic carbocycles. The van der Waals surface area contributed by atoms with Crippen LogP contribution < -0.4 is 10.2 Å². The molecule has 176 valence electrons. The molecule has 3 aromatic rings. The van der Waals surface area contributed by atoms with E-state index in [0.29, 0.717) is 0 Å². The number of carbonyl (C=O) groups excluding carboxylic acids is 1. The molecular formula is C30H35N3O. The fourth-order valence-corrected chi connectivity index (χ4v) is 8.10. The Morgan fingerprint density at radius 1 is 0.971 bits per heavy atom. The van der Waals surface area contributed by atoms with E-state index in [9.17, 15) is 4.79 Å². The van der Waals surface area contributed by atoms with Gasteiger partial charge in [-0.15, -0.1) is 0 Å². The number of anilines is 1. The summed E-state index contributed by atoms with van der Waals surface area (Å²) >= 11 is 0. The van der Waals surface area contributed by atoms with Gasteiger partial charge in [-0.05, 0) is 55.2 Å². The molecule has 4 heteroatoms. The van der Waals surface area contributed by atoms with Crippen molar-refractivity contribution in [3.05, 3.63) is 64.3 Å². The molecule has 4 aliphatic rings. The zero-order chi connectivity index (χ0) is 23.3. The lowest BCUT2D eigenvalue weighted by Crippen LogP contribution is -2.62. The number of benzene rings is 2. The van der Waals surface area contributed by atoms with Gasteiger partial charge in [0, 0.05) is 28.6 Å². The fraction of sp³-hybridized carbons (Fsp3) is 0.500. The molecule has 4 heterocycles. The van der Waals surface area contributed by atoms with Crippen LogP contribution in [-0.2, 0) is 22.2 Å². The van der Waals surface area contributed by atoms with Crippen molar-refractivity contribution in [2.75, 3.05) is 11.4 Å². The van der Waals surface area contributed by atoms with Crippen molar-refractivity contribution in [1.29, 1.82) is 0 Å². The summed E-state index contributed by atoms with van der Waals surface area (Å²) in [5.41, 5.74) is 7.66. The van der Waals surface area contributed by atoms with E-state index in [-0.39, 0.29) is 16.9 Å². The van der Waals surface area contributed by atoms with Crippen LogP contribution in [0.5, 0.6) is 0 Å². The SMILES string of the molecule is Cc1cc2c3c(c1)[C@@]1(NCCc4c1[nH]c1ccccc41)C(=O)N3C1(CCCCCC1)CC2(C)C. The smallest absolute Gasteiger partial charge is 0.258 e. The fourth-order valence-electron chi connectivity index (χ4n) is 8.10. The van der Waals surface area contributed by atoms with Gasteiger partial charge in [0.05, 0.1) is 11.4 Å². The van der Waals surface area contributed by atoms with Gasteiger partial charge in [-0.1, -0.05) is 75.4 Å². The predicted molar refractivity (Wildman–Crippen MR) is 138 cm³/mol. The number of fused-ring (bicyclic) bond motifs is 6. The molecule has 3 aliphatic heterocycles. The Kier molecular flexibility index (Phi) is 4.12. The van der Waals surface area contributed by atoms with Gasteiger partial charge in [0.2, 0.25) is 0 Å². The summed E-state index contributed by atoms with van der Waals surface area (Å²) < 4.78 is 0. The van der Waals surface area contributed by atoms with Crippen LogP contribution in [0.4, 0.5) is 5.69 Å². The van der Waals surface area contributed by atoms with Gasteiger partial charge in [-0.25, -0.2) is 0 Å². The first-order chi connectivity index (χ1) is 16.4. The predicted octanol–water partition coefficient (Wildman–Crippen LogP) is 5.99. The molecule has 1 saturated carbocycles. The Morgan fingerprint density at radius 2 is 1.71 bits per heavy atom. The van der Waals surface area contributed by atoms with Crippen molar-refractivity contribution in [2.45, 2.75) is 88.6 Å². The van der Waals surface area contributed by atoms with Gasteiger partial charge in [0.25, 0.3) is 5.91 Å². The Labute approximate surface area is 202 Å². The van der Waals surface area contributed by atoms with Gasteiger partial charge in [0.1, 0.15) is 0 Å². The minimum atomic E-state index is -0.817. The van der Waals surface area contributed by atoms with Crippen molar-refractivity contribution in [2.24, 2.45) is 0 Å². The van der Waals surface area contributed by atoms with Crippen LogP contribution in [-0.4, -0.2) is 23.0 Å². The molecule has 1 fully saturated rings. The van der Waals surface area contributed by atoms with Gasteiger partial charge in [-0.3, -0.25) is 10.1 Å². The highest BCUT2D eigenvalue weighted by Gasteiger charge is 2.63. The lowest BCUT2D eigenvalue weighted by atomic mass is 9.66. The molecule has 4 nitrogen and oxygen atoms in total. The van der Waals surface area contributed by atoms with E-state index >= 15 is 0 Å². The third-order valence-electron chi connectivity index (χ3n) is 9.37. The van der Waals surface area contributed by atoms with Crippen LogP contribution >= 0.6 is 0 Å². The summed E-state index contributed by atoms with van der Waals surface area (Å²) in [6, 6.07) is 13.2. The number of rotatable bonds is 0. The molecule has 2 N–H and O–H groups in total. The quantitative estimate of drug-likeness (QED) is 0.439. The van der Waals surface area contributed by atoms with E-state index in [1.54, 1.807) is 0 Å². The van der Waals surface area contributed by atoms with E-state index in [0.717, 1.165) is 43.4 Å². The number of hydrogen-bond acceptors (Lipinski definition) is 2. The summed E-state index contributed by atoms with van der Waals surface area (Å²) in [7, 11) is 0. The molecule has 0 unspecified atom stereocenters. The van der Waals surface area contributed by atoms with Crippen molar-refractivity contribution in [3.63, 3.8) is 0 Å². The number of para-hydroxylation sites is 1. The lowest BCUT2D eigenvalue weighted by molar-refractivity contribution is -0.124. The van der Waals surface area contributed by atoms with Gasteiger partial charge >= 0.3 is 0 Å². The first-order valence-electron chi connectivity index (χ1n) is 13.2. The summed E-state index contributed by atoms with van der Waals surface area (Å²) in [6.07, 6.45) is 9.23.